The van der Waals surface area contributed by atoms with Crippen molar-refractivity contribution in [3.8, 4) is 23.0 Å². The predicted molar refractivity (Wildman–Crippen MR) is 65.8 cm³/mol. The van der Waals surface area contributed by atoms with Gasteiger partial charge < -0.3 is 23.7 Å². The number of methoxy groups -OCH3 is 3. The van der Waals surface area contributed by atoms with E-state index in [0.717, 1.165) is 5.56 Å². The molecule has 1 unspecified atom stereocenters. The van der Waals surface area contributed by atoms with Crippen molar-refractivity contribution in [3.63, 3.8) is 0 Å². The van der Waals surface area contributed by atoms with Gasteiger partial charge in [-0.15, -0.1) is 0 Å². The second kappa shape index (κ2) is 5.35. The summed E-state index contributed by atoms with van der Waals surface area (Å²) in [6.45, 7) is 2.20. The molecule has 5 nitrogen and oxygen atoms in total. The Kier molecular flexibility index (Phi) is 3.81. The maximum absolute atomic E-state index is 5.42. The lowest BCUT2D eigenvalue weighted by Gasteiger charge is -2.16. The SMILES string of the molecule is COc1c(CC(C)OC)cc2c(c1OC)OCO2. The van der Waals surface area contributed by atoms with Gasteiger partial charge >= 0.3 is 0 Å². The van der Waals surface area contributed by atoms with Crippen LogP contribution in [0.4, 0.5) is 0 Å². The molecule has 5 heteroatoms. The van der Waals surface area contributed by atoms with Crippen LogP contribution in [0.25, 0.3) is 0 Å². The van der Waals surface area contributed by atoms with E-state index in [9.17, 15) is 0 Å². The summed E-state index contributed by atoms with van der Waals surface area (Å²) in [6, 6.07) is 1.92. The molecule has 1 aromatic rings. The molecule has 0 aromatic heterocycles. The van der Waals surface area contributed by atoms with Crippen LogP contribution in [0, 0.1) is 0 Å². The van der Waals surface area contributed by atoms with E-state index in [-0.39, 0.29) is 12.9 Å². The second-order valence-electron chi connectivity index (χ2n) is 4.09. The molecule has 1 aromatic carbocycles. The molecule has 1 aliphatic heterocycles. The molecule has 0 spiro atoms. The van der Waals surface area contributed by atoms with Gasteiger partial charge in [0.15, 0.2) is 11.5 Å². The minimum Gasteiger partial charge on any atom is -0.492 e. The molecule has 1 atom stereocenters. The number of rotatable bonds is 5. The first kappa shape index (κ1) is 12.8. The average molecular weight is 254 g/mol. The van der Waals surface area contributed by atoms with Crippen LogP contribution in [0.1, 0.15) is 12.5 Å². The van der Waals surface area contributed by atoms with E-state index in [4.69, 9.17) is 23.7 Å². The molecule has 100 valence electrons. The molecule has 1 aliphatic rings. The van der Waals surface area contributed by atoms with Crippen molar-refractivity contribution in [1.82, 2.24) is 0 Å². The third kappa shape index (κ3) is 2.18. The molecule has 0 aliphatic carbocycles. The molecule has 0 radical (unpaired) electrons. The van der Waals surface area contributed by atoms with Crippen LogP contribution < -0.4 is 18.9 Å². The van der Waals surface area contributed by atoms with Crippen LogP contribution in [0.5, 0.6) is 23.0 Å². The Labute approximate surface area is 107 Å². The van der Waals surface area contributed by atoms with Gasteiger partial charge in [0.05, 0.1) is 20.3 Å². The number of benzene rings is 1. The van der Waals surface area contributed by atoms with Gasteiger partial charge in [-0.1, -0.05) is 0 Å². The van der Waals surface area contributed by atoms with Gasteiger partial charge in [0, 0.05) is 19.1 Å². The smallest absolute Gasteiger partial charge is 0.231 e. The normalized spacial score (nSPS) is 14.4. The van der Waals surface area contributed by atoms with Crippen LogP contribution >= 0.6 is 0 Å². The summed E-state index contributed by atoms with van der Waals surface area (Å²) in [5.41, 5.74) is 0.980. The molecule has 0 N–H and O–H groups in total. The highest BCUT2D eigenvalue weighted by Crippen LogP contribution is 2.49. The Hall–Kier alpha value is -1.62. The van der Waals surface area contributed by atoms with Crippen LogP contribution in [-0.2, 0) is 11.2 Å². The standard InChI is InChI=1S/C13H18O5/c1-8(14-2)5-9-6-10-12(18-7-17-10)13(16-4)11(9)15-3/h6,8H,5,7H2,1-4H3. The summed E-state index contributed by atoms with van der Waals surface area (Å²) >= 11 is 0. The van der Waals surface area contributed by atoms with Gasteiger partial charge in [-0.05, 0) is 13.0 Å². The Bertz CT molecular complexity index is 430. The quantitative estimate of drug-likeness (QED) is 0.804. The number of hydrogen-bond donors (Lipinski definition) is 0. The largest absolute Gasteiger partial charge is 0.492 e. The number of hydrogen-bond acceptors (Lipinski definition) is 5. The van der Waals surface area contributed by atoms with Crippen molar-refractivity contribution >= 4 is 0 Å². The van der Waals surface area contributed by atoms with E-state index < -0.39 is 0 Å². The molecular formula is C13H18O5. The monoisotopic (exact) mass is 254 g/mol. The van der Waals surface area contributed by atoms with Crippen LogP contribution in [0.2, 0.25) is 0 Å². The summed E-state index contributed by atoms with van der Waals surface area (Å²) in [7, 11) is 4.88. The van der Waals surface area contributed by atoms with Crippen molar-refractivity contribution in [2.75, 3.05) is 28.1 Å². The summed E-state index contributed by atoms with van der Waals surface area (Å²) in [5.74, 6) is 2.53. The van der Waals surface area contributed by atoms with Crippen LogP contribution in [0.15, 0.2) is 6.07 Å². The molecule has 2 rings (SSSR count). The molecule has 0 saturated heterocycles. The number of fused-ring (bicyclic) bond motifs is 1. The Balaban J connectivity index is 2.45. The lowest BCUT2D eigenvalue weighted by molar-refractivity contribution is 0.118. The van der Waals surface area contributed by atoms with Gasteiger partial charge in [0.2, 0.25) is 18.3 Å². The Morgan fingerprint density at radius 2 is 1.89 bits per heavy atom. The van der Waals surface area contributed by atoms with Gasteiger partial charge in [-0.3, -0.25) is 0 Å². The first-order valence-corrected chi connectivity index (χ1v) is 5.77. The lowest BCUT2D eigenvalue weighted by atomic mass is 10.1. The van der Waals surface area contributed by atoms with Gasteiger partial charge in [0.1, 0.15) is 0 Å². The van der Waals surface area contributed by atoms with Gasteiger partial charge in [0.25, 0.3) is 0 Å². The fourth-order valence-electron chi connectivity index (χ4n) is 2.00. The third-order valence-corrected chi connectivity index (χ3v) is 2.97. The number of ether oxygens (including phenoxy) is 5. The zero-order valence-corrected chi connectivity index (χ0v) is 11.1. The van der Waals surface area contributed by atoms with Crippen molar-refractivity contribution in [2.45, 2.75) is 19.4 Å². The van der Waals surface area contributed by atoms with E-state index in [0.29, 0.717) is 29.4 Å². The Morgan fingerprint density at radius 1 is 1.17 bits per heavy atom. The average Bonchev–Trinajstić information content (AvgIpc) is 2.84. The van der Waals surface area contributed by atoms with Gasteiger partial charge in [-0.2, -0.15) is 0 Å². The van der Waals surface area contributed by atoms with Crippen LogP contribution in [0.3, 0.4) is 0 Å². The molecule has 0 fully saturated rings. The Morgan fingerprint density at radius 3 is 2.50 bits per heavy atom. The van der Waals surface area contributed by atoms with E-state index >= 15 is 0 Å². The first-order valence-electron chi connectivity index (χ1n) is 5.77. The summed E-state index contributed by atoms with van der Waals surface area (Å²) in [6.07, 6.45) is 0.802. The van der Waals surface area contributed by atoms with E-state index in [1.165, 1.54) is 0 Å². The fraction of sp³-hybridized carbons (Fsp3) is 0.538. The molecular weight excluding hydrogens is 236 g/mol. The van der Waals surface area contributed by atoms with E-state index in [1.807, 2.05) is 13.0 Å². The van der Waals surface area contributed by atoms with Crippen molar-refractivity contribution in [1.29, 1.82) is 0 Å². The molecule has 0 amide bonds. The zero-order chi connectivity index (χ0) is 13.1. The van der Waals surface area contributed by atoms with Crippen molar-refractivity contribution < 1.29 is 23.7 Å². The maximum atomic E-state index is 5.42. The lowest BCUT2D eigenvalue weighted by Crippen LogP contribution is -2.10. The molecule has 1 heterocycles. The second-order valence-corrected chi connectivity index (χ2v) is 4.09. The molecule has 18 heavy (non-hydrogen) atoms. The van der Waals surface area contributed by atoms with Gasteiger partial charge in [-0.25, -0.2) is 0 Å². The highest BCUT2D eigenvalue weighted by Gasteiger charge is 2.26. The van der Waals surface area contributed by atoms with E-state index in [1.54, 1.807) is 21.3 Å². The van der Waals surface area contributed by atoms with Crippen LogP contribution in [-0.4, -0.2) is 34.2 Å². The molecule has 0 bridgehead atoms. The first-order chi connectivity index (χ1) is 8.71. The molecule has 0 saturated carbocycles. The predicted octanol–water partition coefficient (Wildman–Crippen LogP) is 2.01. The highest BCUT2D eigenvalue weighted by molar-refractivity contribution is 5.63. The van der Waals surface area contributed by atoms with E-state index in [2.05, 4.69) is 0 Å². The summed E-state index contributed by atoms with van der Waals surface area (Å²) in [4.78, 5) is 0. The topological polar surface area (TPSA) is 46.2 Å². The maximum Gasteiger partial charge on any atom is 0.231 e. The minimum atomic E-state index is 0.0870. The minimum absolute atomic E-state index is 0.0870. The third-order valence-electron chi connectivity index (χ3n) is 2.97. The highest BCUT2D eigenvalue weighted by atomic mass is 16.7. The summed E-state index contributed by atoms with van der Waals surface area (Å²) in [5, 5.41) is 0. The summed E-state index contributed by atoms with van der Waals surface area (Å²) < 4.78 is 26.9. The fourth-order valence-corrected chi connectivity index (χ4v) is 2.00. The zero-order valence-electron chi connectivity index (χ0n) is 11.1. The van der Waals surface area contributed by atoms with Crippen molar-refractivity contribution in [3.05, 3.63) is 11.6 Å². The van der Waals surface area contributed by atoms with Crippen molar-refractivity contribution in [2.24, 2.45) is 0 Å².